The predicted molar refractivity (Wildman–Crippen MR) is 46.0 cm³/mol. The second kappa shape index (κ2) is 7.09. The number of hydrogen-bond donors (Lipinski definition) is 1. The molecular weight excluding hydrogens is 146 g/mol. The van der Waals surface area contributed by atoms with Gasteiger partial charge in [0.25, 0.3) is 0 Å². The molecule has 0 aliphatic carbocycles. The quantitative estimate of drug-likeness (QED) is 0.620. The van der Waals surface area contributed by atoms with Crippen LogP contribution in [0.2, 0.25) is 0 Å². The molecule has 0 rings (SSSR count). The average Bonchev–Trinajstić information content (AvgIpc) is 1.87. The van der Waals surface area contributed by atoms with Crippen LogP contribution in [0.3, 0.4) is 0 Å². The number of thioether (sulfide) groups is 1. The predicted octanol–water partition coefficient (Wildman–Crippen LogP) is 1.40. The molecule has 0 atom stereocenters. The molecule has 0 amide bonds. The molecule has 0 aromatic rings. The van der Waals surface area contributed by atoms with Crippen LogP contribution in [-0.2, 0) is 4.79 Å². The average molecular weight is 161 g/mol. The number of carbonyl (C=O) groups is 1. The van der Waals surface area contributed by atoms with E-state index in [1.54, 1.807) is 6.92 Å². The molecule has 0 aliphatic rings. The SMILES string of the molecule is CC(=O)SCCCCCN. The Labute approximate surface area is 66.6 Å². The van der Waals surface area contributed by atoms with Crippen LogP contribution >= 0.6 is 11.8 Å². The van der Waals surface area contributed by atoms with Crippen molar-refractivity contribution in [3.8, 4) is 0 Å². The number of nitrogens with two attached hydrogens (primary N) is 1. The summed E-state index contributed by atoms with van der Waals surface area (Å²) in [5.41, 5.74) is 5.30. The summed E-state index contributed by atoms with van der Waals surface area (Å²) >= 11 is 1.40. The molecule has 0 saturated carbocycles. The molecule has 0 heterocycles. The minimum Gasteiger partial charge on any atom is -0.330 e. The molecule has 0 unspecified atom stereocenters. The van der Waals surface area contributed by atoms with Crippen LogP contribution in [-0.4, -0.2) is 17.4 Å². The van der Waals surface area contributed by atoms with Crippen molar-refractivity contribution in [1.29, 1.82) is 0 Å². The molecule has 2 nitrogen and oxygen atoms in total. The van der Waals surface area contributed by atoms with E-state index in [1.807, 2.05) is 0 Å². The number of carbonyl (C=O) groups excluding carboxylic acids is 1. The minimum atomic E-state index is 0.216. The summed E-state index contributed by atoms with van der Waals surface area (Å²) in [4.78, 5) is 10.4. The van der Waals surface area contributed by atoms with E-state index in [1.165, 1.54) is 11.8 Å². The van der Waals surface area contributed by atoms with Crippen LogP contribution in [0.5, 0.6) is 0 Å². The van der Waals surface area contributed by atoms with Gasteiger partial charge >= 0.3 is 0 Å². The summed E-state index contributed by atoms with van der Waals surface area (Å²) in [6.45, 7) is 2.37. The van der Waals surface area contributed by atoms with Gasteiger partial charge in [-0.2, -0.15) is 0 Å². The van der Waals surface area contributed by atoms with E-state index in [0.29, 0.717) is 0 Å². The molecule has 10 heavy (non-hydrogen) atoms. The van der Waals surface area contributed by atoms with Crippen molar-refractivity contribution in [1.82, 2.24) is 0 Å². The van der Waals surface area contributed by atoms with Crippen molar-refractivity contribution in [3.63, 3.8) is 0 Å². The standard InChI is InChI=1S/C7H15NOS/c1-7(9)10-6-4-2-3-5-8/h2-6,8H2,1H3. The molecule has 3 heteroatoms. The maximum absolute atomic E-state index is 10.4. The van der Waals surface area contributed by atoms with Crippen LogP contribution < -0.4 is 5.73 Å². The van der Waals surface area contributed by atoms with Crippen LogP contribution in [0.1, 0.15) is 26.2 Å². The largest absolute Gasteiger partial charge is 0.330 e. The molecular formula is C7H15NOS. The summed E-state index contributed by atoms with van der Waals surface area (Å²) in [7, 11) is 0. The molecule has 0 aromatic carbocycles. The van der Waals surface area contributed by atoms with Gasteiger partial charge in [-0.3, -0.25) is 4.79 Å². The Morgan fingerprint density at radius 3 is 2.60 bits per heavy atom. The number of rotatable bonds is 5. The number of hydrogen-bond acceptors (Lipinski definition) is 3. The highest BCUT2D eigenvalue weighted by Crippen LogP contribution is 2.05. The summed E-state index contributed by atoms with van der Waals surface area (Å²) in [6, 6.07) is 0. The third kappa shape index (κ3) is 7.98. The van der Waals surface area contributed by atoms with E-state index in [0.717, 1.165) is 31.6 Å². The lowest BCUT2D eigenvalue weighted by molar-refractivity contribution is -0.109. The van der Waals surface area contributed by atoms with Crippen molar-refractivity contribution < 1.29 is 4.79 Å². The van der Waals surface area contributed by atoms with E-state index >= 15 is 0 Å². The highest BCUT2D eigenvalue weighted by molar-refractivity contribution is 8.13. The Bertz CT molecular complexity index is 95.6. The smallest absolute Gasteiger partial charge is 0.185 e. The van der Waals surface area contributed by atoms with Crippen molar-refractivity contribution >= 4 is 16.9 Å². The third-order valence-electron chi connectivity index (χ3n) is 1.15. The normalized spacial score (nSPS) is 9.80. The van der Waals surface area contributed by atoms with Gasteiger partial charge in [0, 0.05) is 12.7 Å². The van der Waals surface area contributed by atoms with E-state index in [-0.39, 0.29) is 5.12 Å². The van der Waals surface area contributed by atoms with Gasteiger partial charge in [-0.1, -0.05) is 18.2 Å². The summed E-state index contributed by atoms with van der Waals surface area (Å²) in [6.07, 6.45) is 3.34. The lowest BCUT2D eigenvalue weighted by Crippen LogP contribution is -1.98. The van der Waals surface area contributed by atoms with Crippen molar-refractivity contribution in [2.45, 2.75) is 26.2 Å². The fraction of sp³-hybridized carbons (Fsp3) is 0.857. The fourth-order valence-electron chi connectivity index (χ4n) is 0.639. The van der Waals surface area contributed by atoms with Crippen LogP contribution in [0, 0.1) is 0 Å². The molecule has 0 aromatic heterocycles. The van der Waals surface area contributed by atoms with Crippen molar-refractivity contribution in [3.05, 3.63) is 0 Å². The van der Waals surface area contributed by atoms with Crippen LogP contribution in [0.4, 0.5) is 0 Å². The summed E-state index contributed by atoms with van der Waals surface area (Å²) in [5, 5.41) is 0.216. The Morgan fingerprint density at radius 1 is 1.40 bits per heavy atom. The van der Waals surface area contributed by atoms with Crippen LogP contribution in [0.15, 0.2) is 0 Å². The first-order valence-electron chi connectivity index (χ1n) is 3.61. The van der Waals surface area contributed by atoms with E-state index in [9.17, 15) is 4.79 Å². The Morgan fingerprint density at radius 2 is 2.10 bits per heavy atom. The monoisotopic (exact) mass is 161 g/mol. The molecule has 0 bridgehead atoms. The molecule has 60 valence electrons. The summed E-state index contributed by atoms with van der Waals surface area (Å²) < 4.78 is 0. The van der Waals surface area contributed by atoms with Gasteiger partial charge in [-0.25, -0.2) is 0 Å². The van der Waals surface area contributed by atoms with Gasteiger partial charge in [0.2, 0.25) is 0 Å². The van der Waals surface area contributed by atoms with E-state index < -0.39 is 0 Å². The van der Waals surface area contributed by atoms with Gasteiger partial charge in [-0.05, 0) is 19.4 Å². The lowest BCUT2D eigenvalue weighted by Gasteiger charge is -1.95. The molecule has 0 saturated heterocycles. The first-order valence-corrected chi connectivity index (χ1v) is 4.59. The van der Waals surface area contributed by atoms with Gasteiger partial charge < -0.3 is 5.73 Å². The highest BCUT2D eigenvalue weighted by atomic mass is 32.2. The minimum absolute atomic E-state index is 0.216. The van der Waals surface area contributed by atoms with Gasteiger partial charge in [0.1, 0.15) is 0 Å². The molecule has 0 radical (unpaired) electrons. The molecule has 0 spiro atoms. The molecule has 0 aliphatic heterocycles. The van der Waals surface area contributed by atoms with Crippen molar-refractivity contribution in [2.75, 3.05) is 12.3 Å². The molecule has 2 N–H and O–H groups in total. The zero-order valence-electron chi connectivity index (χ0n) is 6.43. The molecule has 0 fully saturated rings. The Balaban J connectivity index is 2.84. The topological polar surface area (TPSA) is 43.1 Å². The Kier molecular flexibility index (Phi) is 7.08. The first-order chi connectivity index (χ1) is 4.77. The second-order valence-electron chi connectivity index (χ2n) is 2.19. The summed E-state index contributed by atoms with van der Waals surface area (Å²) in [5.74, 6) is 0.954. The first kappa shape index (κ1) is 9.98. The van der Waals surface area contributed by atoms with Gasteiger partial charge in [0.15, 0.2) is 5.12 Å². The van der Waals surface area contributed by atoms with Gasteiger partial charge in [0.05, 0.1) is 0 Å². The maximum Gasteiger partial charge on any atom is 0.185 e. The maximum atomic E-state index is 10.4. The number of unbranched alkanes of at least 4 members (excludes halogenated alkanes) is 2. The van der Waals surface area contributed by atoms with Crippen LogP contribution in [0.25, 0.3) is 0 Å². The van der Waals surface area contributed by atoms with E-state index in [4.69, 9.17) is 5.73 Å². The van der Waals surface area contributed by atoms with Crippen molar-refractivity contribution in [2.24, 2.45) is 5.73 Å². The van der Waals surface area contributed by atoms with E-state index in [2.05, 4.69) is 0 Å². The fourth-order valence-corrected chi connectivity index (χ4v) is 1.27. The third-order valence-corrected chi connectivity index (χ3v) is 2.05. The zero-order chi connectivity index (χ0) is 7.82. The second-order valence-corrected chi connectivity index (χ2v) is 3.46. The van der Waals surface area contributed by atoms with Gasteiger partial charge in [-0.15, -0.1) is 0 Å². The Hall–Kier alpha value is -0.0200. The lowest BCUT2D eigenvalue weighted by atomic mass is 10.2. The highest BCUT2D eigenvalue weighted by Gasteiger charge is 1.92. The zero-order valence-corrected chi connectivity index (χ0v) is 7.25.